The Morgan fingerprint density at radius 1 is 1.29 bits per heavy atom. The molecule has 1 heterocycles. The minimum absolute atomic E-state index is 0.0311. The summed E-state index contributed by atoms with van der Waals surface area (Å²) in [7, 11) is 0. The van der Waals surface area contributed by atoms with Crippen molar-refractivity contribution in [2.24, 2.45) is 5.73 Å². The molecule has 0 saturated carbocycles. The number of nitrogens with one attached hydrogen (secondary N) is 1. The Kier molecular flexibility index (Phi) is 4.22. The molecule has 0 fully saturated rings. The van der Waals surface area contributed by atoms with Crippen molar-refractivity contribution in [3.63, 3.8) is 0 Å². The predicted molar refractivity (Wildman–Crippen MR) is 78.9 cm³/mol. The van der Waals surface area contributed by atoms with Crippen molar-refractivity contribution in [3.05, 3.63) is 51.1 Å². The number of rotatable bonds is 3. The molecule has 4 nitrogen and oxygen atoms in total. The average Bonchev–Trinajstić information content (AvgIpc) is 2.33. The van der Waals surface area contributed by atoms with E-state index in [1.165, 1.54) is 6.07 Å². The van der Waals surface area contributed by atoms with E-state index in [1.807, 2.05) is 0 Å². The zero-order chi connectivity index (χ0) is 15.7. The highest BCUT2D eigenvalue weighted by Crippen LogP contribution is 2.31. The van der Waals surface area contributed by atoms with Crippen LogP contribution in [0.1, 0.15) is 16.8 Å². The van der Waals surface area contributed by atoms with Crippen LogP contribution in [0.25, 0.3) is 0 Å². The van der Waals surface area contributed by atoms with E-state index in [1.54, 1.807) is 19.9 Å². The van der Waals surface area contributed by atoms with Crippen LogP contribution < -0.4 is 10.5 Å². The fraction of sp³-hybridized carbons (Fsp3) is 0.143. The van der Waals surface area contributed by atoms with Crippen molar-refractivity contribution >= 4 is 21.8 Å². The summed E-state index contributed by atoms with van der Waals surface area (Å²) in [5.41, 5.74) is 7.04. The van der Waals surface area contributed by atoms with Gasteiger partial charge in [-0.05, 0) is 37.6 Å². The number of benzene rings is 1. The molecule has 110 valence electrons. The fourth-order valence-electron chi connectivity index (χ4n) is 1.91. The fourth-order valence-corrected chi connectivity index (χ4v) is 2.32. The smallest absolute Gasteiger partial charge is 0.230 e. The number of aromatic nitrogens is 1. The summed E-state index contributed by atoms with van der Waals surface area (Å²) in [6.07, 6.45) is 0. The molecular formula is C14H12BrF2N3O. The first-order valence-electron chi connectivity index (χ1n) is 5.94. The minimum atomic E-state index is -1.13. The highest BCUT2D eigenvalue weighted by atomic mass is 79.9. The first kappa shape index (κ1) is 15.4. The van der Waals surface area contributed by atoms with Gasteiger partial charge in [-0.25, -0.2) is 9.37 Å². The molecule has 0 bridgehead atoms. The summed E-state index contributed by atoms with van der Waals surface area (Å²) in [5.74, 6) is -2.80. The van der Waals surface area contributed by atoms with E-state index in [-0.39, 0.29) is 23.0 Å². The molecular weight excluding hydrogens is 344 g/mol. The lowest BCUT2D eigenvalue weighted by atomic mass is 10.1. The standard InChI is InChI=1S/C14H12BrF2N3O/c1-6-3-7(2)20-14(11(6)13(18)19)21-10-5-8(15)4-9(16)12(10)17/h3-5H,1-2H3,(H3,18,19). The molecule has 1 aromatic heterocycles. The van der Waals surface area contributed by atoms with Gasteiger partial charge in [0.1, 0.15) is 5.84 Å². The zero-order valence-corrected chi connectivity index (χ0v) is 12.9. The Hall–Kier alpha value is -2.02. The van der Waals surface area contributed by atoms with Crippen molar-refractivity contribution in [1.29, 1.82) is 5.41 Å². The van der Waals surface area contributed by atoms with Crippen LogP contribution in [0.2, 0.25) is 0 Å². The Morgan fingerprint density at radius 3 is 2.57 bits per heavy atom. The zero-order valence-electron chi connectivity index (χ0n) is 11.3. The molecule has 0 amide bonds. The lowest BCUT2D eigenvalue weighted by molar-refractivity contribution is 0.403. The molecule has 0 radical (unpaired) electrons. The molecule has 7 heteroatoms. The Bertz CT molecular complexity index is 735. The minimum Gasteiger partial charge on any atom is -0.435 e. The molecule has 0 saturated heterocycles. The molecule has 0 atom stereocenters. The number of nitrogen functional groups attached to an aromatic ring is 1. The lowest BCUT2D eigenvalue weighted by Crippen LogP contribution is -2.15. The second kappa shape index (κ2) is 5.77. The van der Waals surface area contributed by atoms with Crippen LogP contribution in [0.15, 0.2) is 22.7 Å². The summed E-state index contributed by atoms with van der Waals surface area (Å²) in [5, 5.41) is 7.57. The van der Waals surface area contributed by atoms with Gasteiger partial charge in [-0.3, -0.25) is 5.41 Å². The number of nitrogens with two attached hydrogens (primary N) is 1. The topological polar surface area (TPSA) is 72.0 Å². The van der Waals surface area contributed by atoms with Crippen molar-refractivity contribution < 1.29 is 13.5 Å². The van der Waals surface area contributed by atoms with Crippen LogP contribution in [0.3, 0.4) is 0 Å². The molecule has 3 N–H and O–H groups in total. The van der Waals surface area contributed by atoms with Gasteiger partial charge in [0.2, 0.25) is 11.7 Å². The van der Waals surface area contributed by atoms with Gasteiger partial charge in [0, 0.05) is 10.2 Å². The van der Waals surface area contributed by atoms with E-state index in [0.29, 0.717) is 15.7 Å². The number of hydrogen-bond acceptors (Lipinski definition) is 3. The number of nitrogens with zero attached hydrogens (tertiary/aromatic N) is 1. The van der Waals surface area contributed by atoms with Crippen LogP contribution in [0.5, 0.6) is 11.6 Å². The number of halogens is 3. The van der Waals surface area contributed by atoms with Gasteiger partial charge >= 0.3 is 0 Å². The van der Waals surface area contributed by atoms with Crippen molar-refractivity contribution in [3.8, 4) is 11.6 Å². The van der Waals surface area contributed by atoms with Gasteiger partial charge in [-0.15, -0.1) is 0 Å². The molecule has 2 rings (SSSR count). The first-order valence-corrected chi connectivity index (χ1v) is 6.74. The summed E-state index contributed by atoms with van der Waals surface area (Å²) in [6.45, 7) is 3.46. The number of hydrogen-bond donors (Lipinski definition) is 2. The van der Waals surface area contributed by atoms with Gasteiger partial charge in [0.15, 0.2) is 11.6 Å². The van der Waals surface area contributed by atoms with Gasteiger partial charge in [-0.2, -0.15) is 4.39 Å². The van der Waals surface area contributed by atoms with E-state index in [2.05, 4.69) is 20.9 Å². The van der Waals surface area contributed by atoms with Gasteiger partial charge in [0.05, 0.1) is 5.56 Å². The summed E-state index contributed by atoms with van der Waals surface area (Å²) in [6, 6.07) is 3.99. The van der Waals surface area contributed by atoms with Crippen molar-refractivity contribution in [2.45, 2.75) is 13.8 Å². The summed E-state index contributed by atoms with van der Waals surface area (Å²) >= 11 is 3.06. The normalized spacial score (nSPS) is 10.5. The van der Waals surface area contributed by atoms with Gasteiger partial charge in [-0.1, -0.05) is 15.9 Å². The summed E-state index contributed by atoms with van der Waals surface area (Å²) in [4.78, 5) is 4.10. The Labute approximate surface area is 128 Å². The maximum Gasteiger partial charge on any atom is 0.230 e. The molecule has 0 aliphatic rings. The number of aryl methyl sites for hydroxylation is 2. The average molecular weight is 356 g/mol. The van der Waals surface area contributed by atoms with E-state index in [0.717, 1.165) is 6.07 Å². The van der Waals surface area contributed by atoms with Crippen LogP contribution in [-0.2, 0) is 0 Å². The quantitative estimate of drug-likeness (QED) is 0.499. The molecule has 0 aliphatic heterocycles. The summed E-state index contributed by atoms with van der Waals surface area (Å²) < 4.78 is 32.8. The third kappa shape index (κ3) is 3.18. The first-order chi connectivity index (χ1) is 9.79. The maximum absolute atomic E-state index is 13.8. The SMILES string of the molecule is Cc1cc(C)c(C(=N)N)c(Oc2cc(Br)cc(F)c2F)n1. The van der Waals surface area contributed by atoms with E-state index < -0.39 is 11.6 Å². The van der Waals surface area contributed by atoms with Crippen LogP contribution in [0.4, 0.5) is 8.78 Å². The molecule has 2 aromatic rings. The van der Waals surface area contributed by atoms with Crippen LogP contribution in [-0.4, -0.2) is 10.8 Å². The van der Waals surface area contributed by atoms with E-state index >= 15 is 0 Å². The highest BCUT2D eigenvalue weighted by Gasteiger charge is 2.18. The molecule has 0 aliphatic carbocycles. The predicted octanol–water partition coefficient (Wildman–Crippen LogP) is 3.82. The van der Waals surface area contributed by atoms with Gasteiger partial charge in [0.25, 0.3) is 0 Å². The number of amidine groups is 1. The third-order valence-electron chi connectivity index (χ3n) is 2.75. The van der Waals surface area contributed by atoms with Crippen molar-refractivity contribution in [2.75, 3.05) is 0 Å². The molecule has 21 heavy (non-hydrogen) atoms. The largest absolute Gasteiger partial charge is 0.435 e. The Morgan fingerprint density at radius 2 is 1.95 bits per heavy atom. The third-order valence-corrected chi connectivity index (χ3v) is 3.20. The second-order valence-corrected chi connectivity index (χ2v) is 5.39. The number of ether oxygens (including phenoxy) is 1. The highest BCUT2D eigenvalue weighted by molar-refractivity contribution is 9.10. The second-order valence-electron chi connectivity index (χ2n) is 4.48. The molecule has 1 aromatic carbocycles. The van der Waals surface area contributed by atoms with Gasteiger partial charge < -0.3 is 10.5 Å². The molecule has 0 unspecified atom stereocenters. The number of pyridine rings is 1. The van der Waals surface area contributed by atoms with E-state index in [9.17, 15) is 8.78 Å². The monoisotopic (exact) mass is 355 g/mol. The maximum atomic E-state index is 13.8. The molecule has 0 spiro atoms. The van der Waals surface area contributed by atoms with Crippen LogP contribution >= 0.6 is 15.9 Å². The van der Waals surface area contributed by atoms with Crippen molar-refractivity contribution in [1.82, 2.24) is 4.98 Å². The van der Waals surface area contributed by atoms with Crippen LogP contribution in [0, 0.1) is 30.9 Å². The van der Waals surface area contributed by atoms with E-state index in [4.69, 9.17) is 15.9 Å². The lowest BCUT2D eigenvalue weighted by Gasteiger charge is -2.13. The Balaban J connectivity index is 2.57.